The summed E-state index contributed by atoms with van der Waals surface area (Å²) in [6.45, 7) is 4.51. The quantitative estimate of drug-likeness (QED) is 0.401. The number of rotatable bonds is 6. The Morgan fingerprint density at radius 2 is 1.96 bits per heavy atom. The number of aromatic nitrogens is 2. The lowest BCUT2D eigenvalue weighted by molar-refractivity contribution is 0.244. The average molecular weight is 453 g/mol. The molecule has 5 nitrogen and oxygen atoms in total. The fraction of sp³-hybridized carbons (Fsp3) is 0.474. The van der Waals surface area contributed by atoms with Gasteiger partial charge < -0.3 is 10.6 Å². The number of guanidine groups is 1. The first-order valence-electron chi connectivity index (χ1n) is 8.78. The summed E-state index contributed by atoms with van der Waals surface area (Å²) < 4.78 is 1.87. The van der Waals surface area contributed by atoms with Crippen LogP contribution in [-0.2, 0) is 19.0 Å². The third-order valence-corrected chi connectivity index (χ3v) is 4.96. The van der Waals surface area contributed by atoms with Crippen LogP contribution in [0.25, 0.3) is 0 Å². The van der Waals surface area contributed by atoms with Crippen LogP contribution in [0.15, 0.2) is 47.6 Å². The van der Waals surface area contributed by atoms with Gasteiger partial charge >= 0.3 is 0 Å². The van der Waals surface area contributed by atoms with E-state index in [1.165, 1.54) is 24.8 Å². The fourth-order valence-corrected chi connectivity index (χ4v) is 3.27. The van der Waals surface area contributed by atoms with E-state index in [0.717, 1.165) is 24.7 Å². The van der Waals surface area contributed by atoms with Crippen molar-refractivity contribution >= 4 is 29.9 Å². The summed E-state index contributed by atoms with van der Waals surface area (Å²) in [5, 5.41) is 11.1. The molecule has 3 rings (SSSR count). The minimum absolute atomic E-state index is 0. The zero-order valence-electron chi connectivity index (χ0n) is 15.0. The van der Waals surface area contributed by atoms with Gasteiger partial charge in [0, 0.05) is 31.7 Å². The van der Waals surface area contributed by atoms with Crippen molar-refractivity contribution in [2.45, 2.75) is 38.1 Å². The van der Waals surface area contributed by atoms with Crippen LogP contribution in [-0.4, -0.2) is 28.8 Å². The van der Waals surface area contributed by atoms with E-state index in [9.17, 15) is 0 Å². The number of benzene rings is 1. The van der Waals surface area contributed by atoms with Crippen molar-refractivity contribution in [3.8, 4) is 0 Å². The van der Waals surface area contributed by atoms with E-state index in [1.54, 1.807) is 0 Å². The van der Waals surface area contributed by atoms with E-state index in [0.29, 0.717) is 6.54 Å². The highest BCUT2D eigenvalue weighted by Crippen LogP contribution is 2.43. The maximum atomic E-state index is 4.71. The third-order valence-electron chi connectivity index (χ3n) is 4.96. The number of aryl methyl sites for hydroxylation is 1. The van der Waals surface area contributed by atoms with E-state index in [-0.39, 0.29) is 29.4 Å². The van der Waals surface area contributed by atoms with Gasteiger partial charge in [-0.15, -0.1) is 24.0 Å². The molecular formula is C19H28IN5. The van der Waals surface area contributed by atoms with Gasteiger partial charge in [-0.05, 0) is 31.4 Å². The Bertz CT molecular complexity index is 676. The number of nitrogens with zero attached hydrogens (tertiary/aromatic N) is 3. The third kappa shape index (κ3) is 4.74. The van der Waals surface area contributed by atoms with E-state index >= 15 is 0 Å². The van der Waals surface area contributed by atoms with Gasteiger partial charge in [-0.25, -0.2) is 4.99 Å². The first kappa shape index (κ1) is 19.8. The monoisotopic (exact) mass is 453 g/mol. The van der Waals surface area contributed by atoms with E-state index in [1.807, 2.05) is 24.0 Å². The Labute approximate surface area is 167 Å². The summed E-state index contributed by atoms with van der Waals surface area (Å²) in [5.74, 6) is 0.876. The molecule has 2 aromatic rings. The number of nitrogens with one attached hydrogen (secondary N) is 2. The van der Waals surface area contributed by atoms with Crippen LogP contribution < -0.4 is 10.6 Å². The maximum Gasteiger partial charge on any atom is 0.191 e. The molecule has 6 heteroatoms. The molecule has 0 aliphatic heterocycles. The second-order valence-corrected chi connectivity index (χ2v) is 6.49. The van der Waals surface area contributed by atoms with Crippen molar-refractivity contribution in [3.63, 3.8) is 0 Å². The topological polar surface area (TPSA) is 54.2 Å². The summed E-state index contributed by atoms with van der Waals surface area (Å²) >= 11 is 0. The van der Waals surface area contributed by atoms with E-state index in [2.05, 4.69) is 53.0 Å². The van der Waals surface area contributed by atoms with Crippen molar-refractivity contribution in [1.29, 1.82) is 0 Å². The molecule has 1 aromatic heterocycles. The number of halogens is 1. The van der Waals surface area contributed by atoms with E-state index in [4.69, 9.17) is 4.99 Å². The molecule has 0 atom stereocenters. The van der Waals surface area contributed by atoms with Gasteiger partial charge in [-0.2, -0.15) is 5.10 Å². The van der Waals surface area contributed by atoms with Crippen LogP contribution in [0.2, 0.25) is 0 Å². The highest BCUT2D eigenvalue weighted by atomic mass is 127. The van der Waals surface area contributed by atoms with Crippen molar-refractivity contribution in [3.05, 3.63) is 53.9 Å². The number of aliphatic imine (C=N–C) groups is 1. The molecule has 136 valence electrons. The second-order valence-electron chi connectivity index (χ2n) is 6.49. The predicted molar refractivity (Wildman–Crippen MR) is 113 cm³/mol. The fourth-order valence-electron chi connectivity index (χ4n) is 3.27. The van der Waals surface area contributed by atoms with Crippen LogP contribution in [0.5, 0.6) is 0 Å². The van der Waals surface area contributed by atoms with Crippen LogP contribution in [0.3, 0.4) is 0 Å². The first-order chi connectivity index (χ1) is 11.7. The van der Waals surface area contributed by atoms with Crippen molar-refractivity contribution in [2.24, 2.45) is 12.0 Å². The Kier molecular flexibility index (Phi) is 7.28. The van der Waals surface area contributed by atoms with Gasteiger partial charge in [0.05, 0.1) is 12.2 Å². The molecule has 0 unspecified atom stereocenters. The lowest BCUT2D eigenvalue weighted by Gasteiger charge is -2.43. The van der Waals surface area contributed by atoms with Crippen molar-refractivity contribution < 1.29 is 0 Å². The molecule has 1 fully saturated rings. The van der Waals surface area contributed by atoms with E-state index < -0.39 is 0 Å². The minimum atomic E-state index is 0. The Balaban J connectivity index is 0.00000225. The van der Waals surface area contributed by atoms with Crippen molar-refractivity contribution in [2.75, 3.05) is 13.1 Å². The standard InChI is InChI=1S/C19H27N5.HI/c1-3-20-18(21-14-17-10-13-23-24(17)2)22-15-19(11-7-12-19)16-8-5-4-6-9-16;/h4-6,8-10,13H,3,7,11-12,14-15H2,1-2H3,(H2,20,21,22);1H. The summed E-state index contributed by atoms with van der Waals surface area (Å²) in [7, 11) is 1.95. The molecule has 0 bridgehead atoms. The smallest absolute Gasteiger partial charge is 0.191 e. The van der Waals surface area contributed by atoms with Gasteiger partial charge in [0.1, 0.15) is 0 Å². The molecular weight excluding hydrogens is 425 g/mol. The number of hydrogen-bond acceptors (Lipinski definition) is 2. The van der Waals surface area contributed by atoms with Crippen LogP contribution in [0, 0.1) is 0 Å². The first-order valence-corrected chi connectivity index (χ1v) is 8.78. The molecule has 25 heavy (non-hydrogen) atoms. The van der Waals surface area contributed by atoms with Gasteiger partial charge in [-0.3, -0.25) is 4.68 Å². The molecule has 0 amide bonds. The highest BCUT2D eigenvalue weighted by Gasteiger charge is 2.38. The summed E-state index contributed by atoms with van der Waals surface area (Å²) in [6.07, 6.45) is 5.60. The zero-order valence-corrected chi connectivity index (χ0v) is 17.4. The van der Waals surface area contributed by atoms with Gasteiger partial charge in [0.2, 0.25) is 0 Å². The van der Waals surface area contributed by atoms with Crippen LogP contribution >= 0.6 is 24.0 Å². The number of hydrogen-bond donors (Lipinski definition) is 2. The maximum absolute atomic E-state index is 4.71. The highest BCUT2D eigenvalue weighted by molar-refractivity contribution is 14.0. The summed E-state index contributed by atoms with van der Waals surface area (Å²) in [5.41, 5.74) is 2.80. The summed E-state index contributed by atoms with van der Waals surface area (Å²) in [6, 6.07) is 12.9. The predicted octanol–water partition coefficient (Wildman–Crippen LogP) is 3.22. The second kappa shape index (κ2) is 9.22. The average Bonchev–Trinajstić information content (AvgIpc) is 2.97. The lowest BCUT2D eigenvalue weighted by atomic mass is 9.64. The normalized spacial score (nSPS) is 15.8. The van der Waals surface area contributed by atoms with Crippen LogP contribution in [0.1, 0.15) is 37.4 Å². The van der Waals surface area contributed by atoms with Crippen LogP contribution in [0.4, 0.5) is 0 Å². The van der Waals surface area contributed by atoms with Gasteiger partial charge in [-0.1, -0.05) is 36.8 Å². The SMILES string of the molecule is CCNC(=NCc1ccnn1C)NCC1(c2ccccc2)CCC1.I. The molecule has 1 saturated carbocycles. The lowest BCUT2D eigenvalue weighted by Crippen LogP contribution is -2.48. The molecule has 0 spiro atoms. The summed E-state index contributed by atoms with van der Waals surface area (Å²) in [4.78, 5) is 4.71. The Hall–Kier alpha value is -1.57. The minimum Gasteiger partial charge on any atom is -0.357 e. The Morgan fingerprint density at radius 1 is 1.20 bits per heavy atom. The molecule has 1 aliphatic carbocycles. The molecule has 1 aromatic carbocycles. The molecule has 1 aliphatic rings. The van der Waals surface area contributed by atoms with Gasteiger partial charge in [0.15, 0.2) is 5.96 Å². The van der Waals surface area contributed by atoms with Crippen molar-refractivity contribution in [1.82, 2.24) is 20.4 Å². The Morgan fingerprint density at radius 3 is 2.52 bits per heavy atom. The molecule has 0 radical (unpaired) electrons. The molecule has 1 heterocycles. The zero-order chi connectivity index (χ0) is 16.8. The molecule has 2 N–H and O–H groups in total. The largest absolute Gasteiger partial charge is 0.357 e. The molecule has 0 saturated heterocycles. The van der Waals surface area contributed by atoms with Gasteiger partial charge in [0.25, 0.3) is 0 Å².